The average molecular weight is 388 g/mol. The molecule has 29 heavy (non-hydrogen) atoms. The van der Waals surface area contributed by atoms with Crippen LogP contribution in [0.25, 0.3) is 22.2 Å². The Morgan fingerprint density at radius 3 is 2.52 bits per heavy atom. The number of amides is 1. The molecule has 4 rings (SSSR count). The van der Waals surface area contributed by atoms with E-state index in [1.54, 1.807) is 32.4 Å². The number of rotatable bonds is 6. The summed E-state index contributed by atoms with van der Waals surface area (Å²) in [6.07, 6.45) is 0. The van der Waals surface area contributed by atoms with Gasteiger partial charge >= 0.3 is 0 Å². The highest BCUT2D eigenvalue weighted by Gasteiger charge is 2.14. The number of ether oxygens (including phenoxy) is 2. The van der Waals surface area contributed by atoms with Crippen LogP contribution in [-0.4, -0.2) is 25.3 Å². The van der Waals surface area contributed by atoms with Gasteiger partial charge < -0.3 is 19.3 Å². The van der Waals surface area contributed by atoms with Gasteiger partial charge in [0.1, 0.15) is 5.52 Å². The Morgan fingerprint density at radius 2 is 1.76 bits per heavy atom. The van der Waals surface area contributed by atoms with E-state index in [2.05, 4.69) is 10.5 Å². The highest BCUT2D eigenvalue weighted by molar-refractivity contribution is 6.00. The molecule has 0 fully saturated rings. The first kappa shape index (κ1) is 18.6. The third-order valence-corrected chi connectivity index (χ3v) is 4.68. The molecule has 4 aromatic rings. The second-order valence-corrected chi connectivity index (χ2v) is 6.48. The molecule has 0 radical (unpaired) electrons. The van der Waals surface area contributed by atoms with Gasteiger partial charge in [0, 0.05) is 17.7 Å². The summed E-state index contributed by atoms with van der Waals surface area (Å²) in [7, 11) is 3.17. The van der Waals surface area contributed by atoms with E-state index in [-0.39, 0.29) is 5.91 Å². The van der Waals surface area contributed by atoms with E-state index in [4.69, 9.17) is 14.0 Å². The third-order valence-electron chi connectivity index (χ3n) is 4.68. The topological polar surface area (TPSA) is 73.6 Å². The molecule has 6 nitrogen and oxygen atoms in total. The summed E-state index contributed by atoms with van der Waals surface area (Å²) >= 11 is 0. The number of aromatic nitrogens is 1. The summed E-state index contributed by atoms with van der Waals surface area (Å²) in [5, 5.41) is 7.83. The number of carbonyl (C=O) groups is 1. The Labute approximate surface area is 168 Å². The van der Waals surface area contributed by atoms with Crippen LogP contribution in [0.4, 0.5) is 0 Å². The van der Waals surface area contributed by atoms with Crippen molar-refractivity contribution in [2.45, 2.75) is 6.54 Å². The van der Waals surface area contributed by atoms with Crippen LogP contribution in [-0.2, 0) is 6.54 Å². The lowest BCUT2D eigenvalue weighted by atomic mass is 10.1. The van der Waals surface area contributed by atoms with Crippen LogP contribution in [0.15, 0.2) is 71.3 Å². The van der Waals surface area contributed by atoms with Gasteiger partial charge in [0.2, 0.25) is 0 Å². The van der Waals surface area contributed by atoms with Crippen LogP contribution in [0.5, 0.6) is 11.5 Å². The quantitative estimate of drug-likeness (QED) is 0.529. The van der Waals surface area contributed by atoms with Crippen molar-refractivity contribution in [1.82, 2.24) is 10.5 Å². The zero-order chi connectivity index (χ0) is 20.2. The average Bonchev–Trinajstić information content (AvgIpc) is 3.21. The fourth-order valence-electron chi connectivity index (χ4n) is 3.16. The Bertz CT molecular complexity index is 1150. The summed E-state index contributed by atoms with van der Waals surface area (Å²) in [5.74, 6) is 1.74. The fourth-order valence-corrected chi connectivity index (χ4v) is 3.16. The lowest BCUT2D eigenvalue weighted by molar-refractivity contribution is 0.0951. The summed E-state index contributed by atoms with van der Waals surface area (Å²) < 4.78 is 16.1. The normalized spacial score (nSPS) is 10.7. The number of hydrogen-bond donors (Lipinski definition) is 1. The van der Waals surface area contributed by atoms with Crippen LogP contribution in [0.1, 0.15) is 15.9 Å². The first-order valence-electron chi connectivity index (χ1n) is 9.13. The van der Waals surface area contributed by atoms with E-state index in [0.717, 1.165) is 16.5 Å². The first-order chi connectivity index (χ1) is 14.2. The van der Waals surface area contributed by atoms with E-state index in [1.165, 1.54) is 0 Å². The van der Waals surface area contributed by atoms with Crippen molar-refractivity contribution in [1.29, 1.82) is 0 Å². The third kappa shape index (κ3) is 3.78. The van der Waals surface area contributed by atoms with Crippen molar-refractivity contribution in [2.24, 2.45) is 0 Å². The molecule has 0 saturated carbocycles. The number of fused-ring (bicyclic) bond motifs is 1. The lowest BCUT2D eigenvalue weighted by Gasteiger charge is -2.10. The molecule has 0 aliphatic rings. The molecule has 1 N–H and O–H groups in total. The van der Waals surface area contributed by atoms with Gasteiger partial charge in [-0.15, -0.1) is 0 Å². The smallest absolute Gasteiger partial charge is 0.251 e. The van der Waals surface area contributed by atoms with Gasteiger partial charge in [-0.25, -0.2) is 0 Å². The SMILES string of the molecule is COc1ccc(CNC(=O)c2ccc3noc(-c4ccccc4)c3c2)cc1OC. The molecule has 1 heterocycles. The summed E-state index contributed by atoms with van der Waals surface area (Å²) in [6, 6.07) is 20.6. The minimum absolute atomic E-state index is 0.179. The van der Waals surface area contributed by atoms with Gasteiger partial charge in [-0.05, 0) is 35.9 Å². The number of carbonyl (C=O) groups excluding carboxylic acids is 1. The Hall–Kier alpha value is -3.80. The number of nitrogens with one attached hydrogen (secondary N) is 1. The Balaban J connectivity index is 1.55. The monoisotopic (exact) mass is 388 g/mol. The molecular weight excluding hydrogens is 368 g/mol. The van der Waals surface area contributed by atoms with Crippen molar-refractivity contribution in [2.75, 3.05) is 14.2 Å². The van der Waals surface area contributed by atoms with Gasteiger partial charge in [-0.3, -0.25) is 4.79 Å². The predicted molar refractivity (Wildman–Crippen MR) is 110 cm³/mol. The maximum Gasteiger partial charge on any atom is 0.251 e. The Morgan fingerprint density at radius 1 is 0.966 bits per heavy atom. The second kappa shape index (κ2) is 8.06. The van der Waals surface area contributed by atoms with E-state index >= 15 is 0 Å². The zero-order valence-electron chi connectivity index (χ0n) is 16.1. The number of hydrogen-bond acceptors (Lipinski definition) is 5. The molecular formula is C23H20N2O4. The zero-order valence-corrected chi connectivity index (χ0v) is 16.1. The van der Waals surface area contributed by atoms with Crippen LogP contribution in [0, 0.1) is 0 Å². The molecule has 6 heteroatoms. The highest BCUT2D eigenvalue weighted by atomic mass is 16.5. The minimum Gasteiger partial charge on any atom is -0.493 e. The molecule has 146 valence electrons. The van der Waals surface area contributed by atoms with E-state index in [1.807, 2.05) is 48.5 Å². The van der Waals surface area contributed by atoms with Crippen molar-refractivity contribution < 1.29 is 18.8 Å². The van der Waals surface area contributed by atoms with Crippen molar-refractivity contribution in [3.63, 3.8) is 0 Å². The van der Waals surface area contributed by atoms with Crippen molar-refractivity contribution >= 4 is 16.8 Å². The molecule has 0 unspecified atom stereocenters. The molecule has 0 atom stereocenters. The molecule has 1 aromatic heterocycles. The Kier molecular flexibility index (Phi) is 5.16. The van der Waals surface area contributed by atoms with Crippen molar-refractivity contribution in [3.05, 3.63) is 77.9 Å². The maximum absolute atomic E-state index is 12.7. The second-order valence-electron chi connectivity index (χ2n) is 6.48. The molecule has 3 aromatic carbocycles. The lowest BCUT2D eigenvalue weighted by Crippen LogP contribution is -2.22. The minimum atomic E-state index is -0.179. The molecule has 0 spiro atoms. The summed E-state index contributed by atoms with van der Waals surface area (Å²) in [6.45, 7) is 0.367. The number of methoxy groups -OCH3 is 2. The highest BCUT2D eigenvalue weighted by Crippen LogP contribution is 2.29. The van der Waals surface area contributed by atoms with Crippen LogP contribution in [0.2, 0.25) is 0 Å². The van der Waals surface area contributed by atoms with Crippen LogP contribution in [0.3, 0.4) is 0 Å². The molecule has 1 amide bonds. The summed E-state index contributed by atoms with van der Waals surface area (Å²) in [5.41, 5.74) is 3.07. The molecule has 0 aliphatic heterocycles. The number of nitrogens with zero attached hydrogens (tertiary/aromatic N) is 1. The fraction of sp³-hybridized carbons (Fsp3) is 0.130. The maximum atomic E-state index is 12.7. The molecule has 0 aliphatic carbocycles. The van der Waals surface area contributed by atoms with Gasteiger partial charge in [-0.1, -0.05) is 41.6 Å². The summed E-state index contributed by atoms with van der Waals surface area (Å²) in [4.78, 5) is 12.7. The first-order valence-corrected chi connectivity index (χ1v) is 9.13. The van der Waals surface area contributed by atoms with Gasteiger partial charge in [0.15, 0.2) is 17.3 Å². The van der Waals surface area contributed by atoms with E-state index < -0.39 is 0 Å². The van der Waals surface area contributed by atoms with Gasteiger partial charge in [0.25, 0.3) is 5.91 Å². The number of benzene rings is 3. The molecule has 0 bridgehead atoms. The standard InChI is InChI=1S/C23H20N2O4/c1-27-20-11-8-15(12-21(20)28-2)14-24-23(26)17-9-10-19-18(13-17)22(29-25-19)16-6-4-3-5-7-16/h3-13H,14H2,1-2H3,(H,24,26). The van der Waals surface area contributed by atoms with E-state index in [0.29, 0.717) is 34.9 Å². The van der Waals surface area contributed by atoms with Gasteiger partial charge in [0.05, 0.1) is 19.6 Å². The van der Waals surface area contributed by atoms with Crippen LogP contribution < -0.4 is 14.8 Å². The van der Waals surface area contributed by atoms with Gasteiger partial charge in [-0.2, -0.15) is 0 Å². The molecule has 0 saturated heterocycles. The van der Waals surface area contributed by atoms with Crippen LogP contribution >= 0.6 is 0 Å². The van der Waals surface area contributed by atoms with Crippen molar-refractivity contribution in [3.8, 4) is 22.8 Å². The van der Waals surface area contributed by atoms with E-state index in [9.17, 15) is 4.79 Å². The predicted octanol–water partition coefficient (Wildman–Crippen LogP) is 4.44. The largest absolute Gasteiger partial charge is 0.493 e.